The zero-order valence-electron chi connectivity index (χ0n) is 13.6. The first kappa shape index (κ1) is 18.1. The van der Waals surface area contributed by atoms with E-state index in [0.717, 1.165) is 25.1 Å². The predicted octanol–water partition coefficient (Wildman–Crippen LogP) is 2.78. The number of amidine groups is 1. The van der Waals surface area contributed by atoms with Gasteiger partial charge in [0.2, 0.25) is 5.84 Å². The third-order valence-electron chi connectivity index (χ3n) is 4.41. The van der Waals surface area contributed by atoms with Gasteiger partial charge in [0.05, 0.1) is 6.54 Å². The van der Waals surface area contributed by atoms with E-state index >= 15 is 0 Å². The van der Waals surface area contributed by atoms with E-state index in [4.69, 9.17) is 0 Å². The van der Waals surface area contributed by atoms with E-state index in [-0.39, 0.29) is 11.0 Å². The van der Waals surface area contributed by atoms with Gasteiger partial charge in [-0.2, -0.15) is 0 Å². The van der Waals surface area contributed by atoms with Crippen LogP contribution < -0.4 is 0 Å². The number of rotatable bonds is 11. The fraction of sp³-hybridized carbons (Fsp3) is 0.875. The Morgan fingerprint density at radius 3 is 2.52 bits per heavy atom. The standard InChI is InChI=1S/C16H30N2O3/c1-3-5-6-7-8-9-10-14-17-11-12-18(14,13-16(20)21)15(19)4-2/h15,19H,3-13H2,1-2H3/p+1. The van der Waals surface area contributed by atoms with Crippen LogP contribution in [0.2, 0.25) is 0 Å². The number of aliphatic imine (C=N–C) groups is 1. The first-order valence-corrected chi connectivity index (χ1v) is 8.37. The Balaban J connectivity index is 2.55. The van der Waals surface area contributed by atoms with Crippen molar-refractivity contribution in [3.05, 3.63) is 0 Å². The topological polar surface area (TPSA) is 69.9 Å². The molecule has 0 bridgehead atoms. The molecule has 0 aliphatic carbocycles. The highest BCUT2D eigenvalue weighted by atomic mass is 16.4. The minimum absolute atomic E-state index is 0.0519. The van der Waals surface area contributed by atoms with Crippen molar-refractivity contribution in [2.24, 2.45) is 4.99 Å². The van der Waals surface area contributed by atoms with Crippen molar-refractivity contribution in [2.75, 3.05) is 19.6 Å². The average Bonchev–Trinajstić information content (AvgIpc) is 2.85. The van der Waals surface area contributed by atoms with Crippen LogP contribution in [0.1, 0.15) is 65.2 Å². The lowest BCUT2D eigenvalue weighted by molar-refractivity contribution is -0.879. The normalized spacial score (nSPS) is 23.1. The molecule has 0 aromatic heterocycles. The molecule has 122 valence electrons. The van der Waals surface area contributed by atoms with Crippen molar-refractivity contribution in [1.29, 1.82) is 0 Å². The third kappa shape index (κ3) is 5.08. The van der Waals surface area contributed by atoms with Gasteiger partial charge >= 0.3 is 5.97 Å². The molecule has 0 saturated carbocycles. The molecule has 0 aromatic rings. The quantitative estimate of drug-likeness (QED) is 0.455. The highest BCUT2D eigenvalue weighted by Crippen LogP contribution is 2.24. The molecule has 2 atom stereocenters. The molecule has 1 aliphatic rings. The van der Waals surface area contributed by atoms with Crippen molar-refractivity contribution in [3.8, 4) is 0 Å². The van der Waals surface area contributed by atoms with E-state index in [1.54, 1.807) is 0 Å². The molecule has 2 N–H and O–H groups in total. The lowest BCUT2D eigenvalue weighted by atomic mass is 10.1. The number of carbonyl (C=O) groups is 1. The highest BCUT2D eigenvalue weighted by Gasteiger charge is 2.44. The molecule has 1 aliphatic heterocycles. The maximum absolute atomic E-state index is 11.2. The lowest BCUT2D eigenvalue weighted by Crippen LogP contribution is -2.60. The molecule has 0 fully saturated rings. The zero-order chi connectivity index (χ0) is 15.7. The monoisotopic (exact) mass is 299 g/mol. The van der Waals surface area contributed by atoms with Crippen LogP contribution in [0.3, 0.4) is 0 Å². The average molecular weight is 299 g/mol. The molecule has 0 radical (unpaired) electrons. The van der Waals surface area contributed by atoms with E-state index in [1.165, 1.54) is 25.7 Å². The summed E-state index contributed by atoms with van der Waals surface area (Å²) in [5, 5.41) is 19.5. The number of hydrogen-bond donors (Lipinski definition) is 2. The number of nitrogens with zero attached hydrogens (tertiary/aromatic N) is 2. The van der Waals surface area contributed by atoms with Gasteiger partial charge in [-0.1, -0.05) is 46.0 Å². The number of aliphatic hydroxyl groups is 1. The van der Waals surface area contributed by atoms with Crippen molar-refractivity contribution < 1.29 is 19.5 Å². The summed E-state index contributed by atoms with van der Waals surface area (Å²) in [6, 6.07) is 0. The second-order valence-electron chi connectivity index (χ2n) is 6.01. The molecule has 21 heavy (non-hydrogen) atoms. The van der Waals surface area contributed by atoms with Crippen LogP contribution in [0.25, 0.3) is 0 Å². The minimum atomic E-state index is -0.861. The van der Waals surface area contributed by atoms with Crippen molar-refractivity contribution in [2.45, 2.75) is 71.4 Å². The van der Waals surface area contributed by atoms with Gasteiger partial charge in [0.25, 0.3) is 0 Å². The van der Waals surface area contributed by atoms with Crippen molar-refractivity contribution in [1.82, 2.24) is 0 Å². The van der Waals surface area contributed by atoms with Gasteiger partial charge in [-0.25, -0.2) is 14.3 Å². The molecule has 2 unspecified atom stereocenters. The van der Waals surface area contributed by atoms with Crippen LogP contribution in [0.15, 0.2) is 4.99 Å². The van der Waals surface area contributed by atoms with Gasteiger partial charge < -0.3 is 10.2 Å². The van der Waals surface area contributed by atoms with Crippen LogP contribution in [0, 0.1) is 0 Å². The summed E-state index contributed by atoms with van der Waals surface area (Å²) in [5.41, 5.74) is 0. The van der Waals surface area contributed by atoms with Gasteiger partial charge in [0, 0.05) is 12.8 Å². The zero-order valence-corrected chi connectivity index (χ0v) is 13.6. The first-order valence-electron chi connectivity index (χ1n) is 8.37. The second-order valence-corrected chi connectivity index (χ2v) is 6.01. The number of quaternary nitrogens is 1. The molecule has 1 rings (SSSR count). The summed E-state index contributed by atoms with van der Waals surface area (Å²) in [6.07, 6.45) is 7.96. The molecule has 0 saturated heterocycles. The summed E-state index contributed by atoms with van der Waals surface area (Å²) >= 11 is 0. The summed E-state index contributed by atoms with van der Waals surface area (Å²) in [7, 11) is 0. The van der Waals surface area contributed by atoms with Gasteiger partial charge in [-0.05, 0) is 6.42 Å². The smallest absolute Gasteiger partial charge is 0.359 e. The molecule has 1 heterocycles. The predicted molar refractivity (Wildman–Crippen MR) is 84.2 cm³/mol. The van der Waals surface area contributed by atoms with E-state index in [1.807, 2.05) is 6.92 Å². The third-order valence-corrected chi connectivity index (χ3v) is 4.41. The first-order chi connectivity index (χ1) is 10.1. The van der Waals surface area contributed by atoms with Gasteiger partial charge in [-0.3, -0.25) is 0 Å². The maximum atomic E-state index is 11.2. The van der Waals surface area contributed by atoms with Crippen LogP contribution >= 0.6 is 0 Å². The number of unbranched alkanes of at least 4 members (excludes halogenated alkanes) is 5. The van der Waals surface area contributed by atoms with E-state index in [9.17, 15) is 15.0 Å². The molecule has 0 spiro atoms. The van der Waals surface area contributed by atoms with Gasteiger partial charge in [-0.15, -0.1) is 0 Å². The van der Waals surface area contributed by atoms with Gasteiger partial charge in [0.1, 0.15) is 6.54 Å². The molecule has 0 amide bonds. The van der Waals surface area contributed by atoms with Crippen LogP contribution in [-0.2, 0) is 4.79 Å². The van der Waals surface area contributed by atoms with Crippen molar-refractivity contribution >= 4 is 11.8 Å². The van der Waals surface area contributed by atoms with E-state index in [0.29, 0.717) is 19.5 Å². The van der Waals surface area contributed by atoms with E-state index in [2.05, 4.69) is 11.9 Å². The Bertz CT molecular complexity index is 357. The maximum Gasteiger partial charge on any atom is 0.359 e. The molecular formula is C16H31N2O3+. The SMILES string of the molecule is CCCCCCCCC1=NCC[N+]1(CC(=O)O)C(O)CC. The fourth-order valence-electron chi connectivity index (χ4n) is 3.18. The Labute approximate surface area is 128 Å². The molecule has 5 nitrogen and oxygen atoms in total. The fourth-order valence-corrected chi connectivity index (χ4v) is 3.18. The molecule has 0 aromatic carbocycles. The summed E-state index contributed by atoms with van der Waals surface area (Å²) in [4.78, 5) is 15.7. The van der Waals surface area contributed by atoms with Gasteiger partial charge in [0.15, 0.2) is 12.8 Å². The molecular weight excluding hydrogens is 268 g/mol. The summed E-state index contributed by atoms with van der Waals surface area (Å²) < 4.78 is 0.154. The summed E-state index contributed by atoms with van der Waals surface area (Å²) in [5.74, 6) is 0.0299. The number of carboxylic acid groups (broad SMARTS) is 1. The van der Waals surface area contributed by atoms with Crippen molar-refractivity contribution in [3.63, 3.8) is 0 Å². The largest absolute Gasteiger partial charge is 0.477 e. The highest BCUT2D eigenvalue weighted by molar-refractivity contribution is 5.80. The number of aliphatic hydroxyl groups excluding tert-OH is 1. The lowest BCUT2D eigenvalue weighted by Gasteiger charge is -2.37. The van der Waals surface area contributed by atoms with Crippen LogP contribution in [0.5, 0.6) is 0 Å². The summed E-state index contributed by atoms with van der Waals surface area (Å²) in [6.45, 7) is 5.30. The number of aliphatic carboxylic acids is 1. The second kappa shape index (κ2) is 9.15. The van der Waals surface area contributed by atoms with E-state index < -0.39 is 12.2 Å². The Kier molecular flexibility index (Phi) is 7.89. The molecule has 5 heteroatoms. The Hall–Kier alpha value is -0.940. The Morgan fingerprint density at radius 1 is 1.24 bits per heavy atom. The number of carboxylic acids is 1. The van der Waals surface area contributed by atoms with Crippen LogP contribution in [-0.4, -0.2) is 52.4 Å². The Morgan fingerprint density at radius 2 is 1.90 bits per heavy atom. The van der Waals surface area contributed by atoms with Crippen LogP contribution in [0.4, 0.5) is 0 Å². The number of hydrogen-bond acceptors (Lipinski definition) is 3. The minimum Gasteiger partial charge on any atom is -0.477 e.